The van der Waals surface area contributed by atoms with E-state index >= 15 is 0 Å². The molecule has 0 amide bonds. The highest BCUT2D eigenvalue weighted by Gasteiger charge is 2.48. The first-order valence-electron chi connectivity index (χ1n) is 8.98. The molecule has 2 aliphatic rings. The lowest BCUT2D eigenvalue weighted by Gasteiger charge is -2.35. The van der Waals surface area contributed by atoms with Crippen LogP contribution in [0.3, 0.4) is 0 Å². The van der Waals surface area contributed by atoms with Gasteiger partial charge in [-0.15, -0.1) is 0 Å². The van der Waals surface area contributed by atoms with Gasteiger partial charge in [0.05, 0.1) is 12.0 Å². The standard InChI is InChI=1S/C20H32O2/c1-5-15(2)13-20(12-11-16(3)17(20)4)19(21)22-14-18-9-7-6-8-10-18/h6-7,11,15,17-18H,5,8-10,12-14H2,1-4H3. The lowest BCUT2D eigenvalue weighted by atomic mass is 9.70. The third kappa shape index (κ3) is 3.64. The molecule has 2 rings (SSSR count). The number of hydrogen-bond donors (Lipinski definition) is 0. The fourth-order valence-electron chi connectivity index (χ4n) is 3.85. The van der Waals surface area contributed by atoms with E-state index < -0.39 is 0 Å². The molecule has 2 heteroatoms. The predicted octanol–water partition coefficient (Wildman–Crippen LogP) is 5.29. The number of carbonyl (C=O) groups excluding carboxylic acids is 1. The highest BCUT2D eigenvalue weighted by Crippen LogP contribution is 2.48. The molecule has 0 aromatic rings. The van der Waals surface area contributed by atoms with Crippen LogP contribution in [0.1, 0.15) is 66.2 Å². The molecule has 0 aliphatic heterocycles. The minimum absolute atomic E-state index is 0.0444. The maximum atomic E-state index is 12.9. The van der Waals surface area contributed by atoms with Crippen molar-refractivity contribution in [3.8, 4) is 0 Å². The second kappa shape index (κ2) is 7.48. The average Bonchev–Trinajstić information content (AvgIpc) is 2.83. The summed E-state index contributed by atoms with van der Waals surface area (Å²) < 4.78 is 5.83. The van der Waals surface area contributed by atoms with E-state index in [1.807, 2.05) is 0 Å². The van der Waals surface area contributed by atoms with Crippen LogP contribution in [0.2, 0.25) is 0 Å². The van der Waals surface area contributed by atoms with Crippen molar-refractivity contribution in [2.75, 3.05) is 6.61 Å². The van der Waals surface area contributed by atoms with Gasteiger partial charge in [0.25, 0.3) is 0 Å². The lowest BCUT2D eigenvalue weighted by Crippen LogP contribution is -2.39. The number of esters is 1. The van der Waals surface area contributed by atoms with E-state index in [0.29, 0.717) is 24.4 Å². The van der Waals surface area contributed by atoms with Gasteiger partial charge in [-0.1, -0.05) is 51.0 Å². The second-order valence-corrected chi connectivity index (χ2v) is 7.50. The Kier molecular flexibility index (Phi) is 5.88. The third-order valence-corrected chi connectivity index (χ3v) is 5.94. The minimum atomic E-state index is -0.315. The van der Waals surface area contributed by atoms with E-state index in [4.69, 9.17) is 4.74 Å². The molecule has 2 aliphatic carbocycles. The molecule has 0 spiro atoms. The molecule has 124 valence electrons. The zero-order valence-electron chi connectivity index (χ0n) is 14.7. The van der Waals surface area contributed by atoms with Crippen molar-refractivity contribution in [3.05, 3.63) is 23.8 Å². The summed E-state index contributed by atoms with van der Waals surface area (Å²) in [4.78, 5) is 12.9. The van der Waals surface area contributed by atoms with E-state index in [1.54, 1.807) is 0 Å². The zero-order chi connectivity index (χ0) is 16.2. The zero-order valence-corrected chi connectivity index (χ0v) is 14.7. The summed E-state index contributed by atoms with van der Waals surface area (Å²) in [5.74, 6) is 1.43. The van der Waals surface area contributed by atoms with Crippen LogP contribution in [-0.4, -0.2) is 12.6 Å². The molecule has 0 aromatic carbocycles. The largest absolute Gasteiger partial charge is 0.465 e. The van der Waals surface area contributed by atoms with Gasteiger partial charge >= 0.3 is 5.97 Å². The fraction of sp³-hybridized carbons (Fsp3) is 0.750. The number of rotatable bonds is 6. The summed E-state index contributed by atoms with van der Waals surface area (Å²) in [5.41, 5.74) is 1.03. The molecule has 0 heterocycles. The van der Waals surface area contributed by atoms with Gasteiger partial charge < -0.3 is 4.74 Å². The molecule has 0 aromatic heterocycles. The quantitative estimate of drug-likeness (QED) is 0.492. The number of ether oxygens (including phenoxy) is 1. The fourth-order valence-corrected chi connectivity index (χ4v) is 3.85. The minimum Gasteiger partial charge on any atom is -0.465 e. The number of hydrogen-bond acceptors (Lipinski definition) is 2. The Morgan fingerprint density at radius 1 is 1.45 bits per heavy atom. The number of allylic oxidation sites excluding steroid dienone is 4. The van der Waals surface area contributed by atoms with Crippen molar-refractivity contribution in [3.63, 3.8) is 0 Å². The molecular formula is C20H32O2. The maximum absolute atomic E-state index is 12.9. The van der Waals surface area contributed by atoms with E-state index in [1.165, 1.54) is 5.57 Å². The molecular weight excluding hydrogens is 272 g/mol. The Balaban J connectivity index is 2.02. The van der Waals surface area contributed by atoms with Crippen LogP contribution in [0.25, 0.3) is 0 Å². The summed E-state index contributed by atoms with van der Waals surface area (Å²) in [7, 11) is 0. The van der Waals surface area contributed by atoms with Crippen LogP contribution in [0, 0.1) is 23.2 Å². The molecule has 0 N–H and O–H groups in total. The highest BCUT2D eigenvalue weighted by atomic mass is 16.5. The lowest BCUT2D eigenvalue weighted by molar-refractivity contribution is -0.160. The van der Waals surface area contributed by atoms with Gasteiger partial charge in [0.2, 0.25) is 0 Å². The molecule has 0 saturated carbocycles. The smallest absolute Gasteiger partial charge is 0.313 e. The topological polar surface area (TPSA) is 26.3 Å². The normalized spacial score (nSPS) is 32.6. The molecule has 4 unspecified atom stereocenters. The second-order valence-electron chi connectivity index (χ2n) is 7.50. The predicted molar refractivity (Wildman–Crippen MR) is 91.5 cm³/mol. The van der Waals surface area contributed by atoms with Crippen LogP contribution in [0.15, 0.2) is 23.8 Å². The molecule has 0 bridgehead atoms. The van der Waals surface area contributed by atoms with Gasteiger partial charge in [-0.05, 0) is 56.8 Å². The first-order valence-corrected chi connectivity index (χ1v) is 8.98. The Bertz CT molecular complexity index is 449. The summed E-state index contributed by atoms with van der Waals surface area (Å²) in [6.45, 7) is 9.41. The van der Waals surface area contributed by atoms with Gasteiger partial charge in [0.1, 0.15) is 0 Å². The Hall–Kier alpha value is -1.05. The first kappa shape index (κ1) is 17.3. The van der Waals surface area contributed by atoms with Gasteiger partial charge in [-0.2, -0.15) is 0 Å². The number of carbonyl (C=O) groups is 1. The van der Waals surface area contributed by atoms with Crippen molar-refractivity contribution in [2.24, 2.45) is 23.2 Å². The maximum Gasteiger partial charge on any atom is 0.313 e. The summed E-state index contributed by atoms with van der Waals surface area (Å²) in [6.07, 6.45) is 12.9. The van der Waals surface area contributed by atoms with Crippen LogP contribution in [0.4, 0.5) is 0 Å². The van der Waals surface area contributed by atoms with E-state index in [-0.39, 0.29) is 11.4 Å². The van der Waals surface area contributed by atoms with Crippen LogP contribution in [0.5, 0.6) is 0 Å². The summed E-state index contributed by atoms with van der Waals surface area (Å²) >= 11 is 0. The molecule has 0 fully saturated rings. The van der Waals surface area contributed by atoms with Crippen molar-refractivity contribution in [1.29, 1.82) is 0 Å². The monoisotopic (exact) mass is 304 g/mol. The Labute approximate surface area is 136 Å². The van der Waals surface area contributed by atoms with Crippen LogP contribution < -0.4 is 0 Å². The molecule has 0 radical (unpaired) electrons. The van der Waals surface area contributed by atoms with Crippen molar-refractivity contribution < 1.29 is 9.53 Å². The van der Waals surface area contributed by atoms with Crippen molar-refractivity contribution in [1.82, 2.24) is 0 Å². The summed E-state index contributed by atoms with van der Waals surface area (Å²) in [6, 6.07) is 0. The SMILES string of the molecule is CCC(C)CC1(C(=O)OCC2CC=CCC2)CC=C(C)C1C. The van der Waals surface area contributed by atoms with Crippen LogP contribution >= 0.6 is 0 Å². The van der Waals surface area contributed by atoms with Gasteiger partial charge in [-0.3, -0.25) is 4.79 Å². The van der Waals surface area contributed by atoms with Crippen molar-refractivity contribution in [2.45, 2.75) is 66.2 Å². The Morgan fingerprint density at radius 3 is 2.77 bits per heavy atom. The van der Waals surface area contributed by atoms with E-state index in [0.717, 1.165) is 38.5 Å². The molecule has 4 atom stereocenters. The van der Waals surface area contributed by atoms with Crippen molar-refractivity contribution >= 4 is 5.97 Å². The van der Waals surface area contributed by atoms with Gasteiger partial charge in [-0.25, -0.2) is 0 Å². The van der Waals surface area contributed by atoms with Gasteiger partial charge in [0, 0.05) is 0 Å². The van der Waals surface area contributed by atoms with E-state index in [9.17, 15) is 4.79 Å². The molecule has 0 saturated heterocycles. The molecule has 22 heavy (non-hydrogen) atoms. The first-order chi connectivity index (χ1) is 10.5. The summed E-state index contributed by atoms with van der Waals surface area (Å²) in [5, 5.41) is 0. The Morgan fingerprint density at radius 2 is 2.23 bits per heavy atom. The third-order valence-electron chi connectivity index (χ3n) is 5.94. The highest BCUT2D eigenvalue weighted by molar-refractivity contribution is 5.79. The van der Waals surface area contributed by atoms with E-state index in [2.05, 4.69) is 45.9 Å². The van der Waals surface area contributed by atoms with Crippen LogP contribution in [-0.2, 0) is 9.53 Å². The average molecular weight is 304 g/mol. The molecule has 2 nitrogen and oxygen atoms in total. The van der Waals surface area contributed by atoms with Gasteiger partial charge in [0.15, 0.2) is 0 Å².